The maximum atomic E-state index is 13.3. The lowest BCUT2D eigenvalue weighted by Crippen LogP contribution is -2.21. The van der Waals surface area contributed by atoms with Crippen molar-refractivity contribution in [1.82, 2.24) is 5.32 Å². The molecule has 0 saturated carbocycles. The molecule has 0 aliphatic heterocycles. The zero-order valence-electron chi connectivity index (χ0n) is 11.5. The molecule has 0 saturated heterocycles. The predicted octanol–water partition coefficient (Wildman–Crippen LogP) is 5.65. The standard InChI is InChI=1S/C16H15ClFNS2/c1-2-19-13(9-12-5-6-16(17)20-12)15-7-10-3-4-11(18)8-14(10)21-15/h3-8,13,19H,2,9H2,1H3. The van der Waals surface area contributed by atoms with E-state index in [1.54, 1.807) is 28.7 Å². The van der Waals surface area contributed by atoms with Gasteiger partial charge in [0.2, 0.25) is 0 Å². The van der Waals surface area contributed by atoms with E-state index in [0.29, 0.717) is 0 Å². The average molecular weight is 340 g/mol. The van der Waals surface area contributed by atoms with Crippen molar-refractivity contribution < 1.29 is 4.39 Å². The summed E-state index contributed by atoms with van der Waals surface area (Å²) in [5.41, 5.74) is 0. The summed E-state index contributed by atoms with van der Waals surface area (Å²) in [6.07, 6.45) is 0.903. The van der Waals surface area contributed by atoms with Gasteiger partial charge >= 0.3 is 0 Å². The lowest BCUT2D eigenvalue weighted by atomic mass is 10.1. The Kier molecular flexibility index (Phi) is 4.60. The molecular weight excluding hydrogens is 325 g/mol. The van der Waals surface area contributed by atoms with Crippen molar-refractivity contribution in [2.75, 3.05) is 6.54 Å². The van der Waals surface area contributed by atoms with E-state index in [1.807, 2.05) is 12.1 Å². The number of thiophene rings is 2. The van der Waals surface area contributed by atoms with E-state index in [-0.39, 0.29) is 11.9 Å². The lowest BCUT2D eigenvalue weighted by molar-refractivity contribution is 0.562. The highest BCUT2D eigenvalue weighted by Gasteiger charge is 2.15. The van der Waals surface area contributed by atoms with Gasteiger partial charge in [-0.1, -0.05) is 24.6 Å². The van der Waals surface area contributed by atoms with Crippen molar-refractivity contribution in [3.8, 4) is 0 Å². The van der Waals surface area contributed by atoms with E-state index >= 15 is 0 Å². The molecule has 0 bridgehead atoms. The zero-order valence-corrected chi connectivity index (χ0v) is 13.9. The minimum Gasteiger partial charge on any atom is -0.309 e. The van der Waals surface area contributed by atoms with Crippen LogP contribution >= 0.6 is 34.3 Å². The molecule has 21 heavy (non-hydrogen) atoms. The number of rotatable bonds is 5. The van der Waals surface area contributed by atoms with E-state index in [1.165, 1.54) is 15.8 Å². The van der Waals surface area contributed by atoms with Gasteiger partial charge in [0.15, 0.2) is 0 Å². The highest BCUT2D eigenvalue weighted by atomic mass is 35.5. The molecule has 0 fully saturated rings. The van der Waals surface area contributed by atoms with Crippen LogP contribution in [0.3, 0.4) is 0 Å². The zero-order chi connectivity index (χ0) is 14.8. The first-order valence-electron chi connectivity index (χ1n) is 6.82. The Labute approximate surface area is 136 Å². The van der Waals surface area contributed by atoms with Crippen molar-refractivity contribution in [1.29, 1.82) is 0 Å². The van der Waals surface area contributed by atoms with Crippen LogP contribution in [0.1, 0.15) is 22.7 Å². The van der Waals surface area contributed by atoms with Gasteiger partial charge in [0.1, 0.15) is 5.82 Å². The summed E-state index contributed by atoms with van der Waals surface area (Å²) in [4.78, 5) is 2.50. The highest BCUT2D eigenvalue weighted by molar-refractivity contribution is 7.19. The SMILES string of the molecule is CCNC(Cc1ccc(Cl)s1)c1cc2ccc(F)cc2s1. The van der Waals surface area contributed by atoms with Gasteiger partial charge in [-0.25, -0.2) is 4.39 Å². The van der Waals surface area contributed by atoms with Gasteiger partial charge < -0.3 is 5.32 Å². The molecule has 3 rings (SSSR count). The summed E-state index contributed by atoms with van der Waals surface area (Å²) in [6, 6.07) is 11.4. The first kappa shape index (κ1) is 15.0. The summed E-state index contributed by atoms with van der Waals surface area (Å²) in [6.45, 7) is 2.99. The highest BCUT2D eigenvalue weighted by Crippen LogP contribution is 2.33. The second-order valence-electron chi connectivity index (χ2n) is 4.85. The van der Waals surface area contributed by atoms with Gasteiger partial charge in [0, 0.05) is 26.9 Å². The molecular formula is C16H15ClFNS2. The second kappa shape index (κ2) is 6.44. The molecule has 2 aromatic heterocycles. The first-order valence-corrected chi connectivity index (χ1v) is 8.83. The van der Waals surface area contributed by atoms with Crippen LogP contribution in [0.4, 0.5) is 4.39 Å². The Morgan fingerprint density at radius 1 is 1.19 bits per heavy atom. The molecule has 1 atom stereocenters. The van der Waals surface area contributed by atoms with Gasteiger partial charge in [-0.05, 0) is 42.3 Å². The largest absolute Gasteiger partial charge is 0.309 e. The van der Waals surface area contributed by atoms with Crippen LogP contribution in [0.5, 0.6) is 0 Å². The third kappa shape index (κ3) is 3.46. The number of likely N-dealkylation sites (N-methyl/N-ethyl adjacent to an activating group) is 1. The second-order valence-corrected chi connectivity index (χ2v) is 7.77. The number of hydrogen-bond donors (Lipinski definition) is 1. The lowest BCUT2D eigenvalue weighted by Gasteiger charge is -2.15. The fraction of sp³-hybridized carbons (Fsp3) is 0.250. The molecule has 1 aromatic carbocycles. The molecule has 2 heterocycles. The van der Waals surface area contributed by atoms with Gasteiger partial charge in [0.25, 0.3) is 0 Å². The first-order chi connectivity index (χ1) is 10.2. The van der Waals surface area contributed by atoms with Crippen molar-refractivity contribution in [3.05, 3.63) is 56.3 Å². The summed E-state index contributed by atoms with van der Waals surface area (Å²) in [5, 5.41) is 4.61. The molecule has 0 spiro atoms. The van der Waals surface area contributed by atoms with Crippen LogP contribution in [0.25, 0.3) is 10.1 Å². The molecule has 1 nitrogen and oxygen atoms in total. The smallest absolute Gasteiger partial charge is 0.124 e. The van der Waals surface area contributed by atoms with E-state index in [0.717, 1.165) is 27.4 Å². The van der Waals surface area contributed by atoms with Crippen LogP contribution in [-0.2, 0) is 6.42 Å². The minimum absolute atomic E-state index is 0.180. The predicted molar refractivity (Wildman–Crippen MR) is 91.2 cm³/mol. The average Bonchev–Trinajstić information content (AvgIpc) is 3.04. The van der Waals surface area contributed by atoms with E-state index in [4.69, 9.17) is 11.6 Å². The van der Waals surface area contributed by atoms with Crippen LogP contribution < -0.4 is 5.32 Å². The fourth-order valence-electron chi connectivity index (χ4n) is 2.38. The molecule has 0 radical (unpaired) electrons. The van der Waals surface area contributed by atoms with Crippen LogP contribution in [-0.4, -0.2) is 6.54 Å². The van der Waals surface area contributed by atoms with E-state index < -0.39 is 0 Å². The fourth-order valence-corrected chi connectivity index (χ4v) is 4.68. The molecule has 0 aliphatic carbocycles. The molecule has 1 N–H and O–H groups in total. The number of benzene rings is 1. The maximum absolute atomic E-state index is 13.3. The topological polar surface area (TPSA) is 12.0 Å². The summed E-state index contributed by atoms with van der Waals surface area (Å²) in [7, 11) is 0. The quantitative estimate of drug-likeness (QED) is 0.633. The summed E-state index contributed by atoms with van der Waals surface area (Å²) < 4.78 is 15.1. The van der Waals surface area contributed by atoms with Gasteiger partial charge in [-0.3, -0.25) is 0 Å². The molecule has 1 unspecified atom stereocenters. The van der Waals surface area contributed by atoms with Crippen LogP contribution in [0.15, 0.2) is 36.4 Å². The number of fused-ring (bicyclic) bond motifs is 1. The summed E-state index contributed by atoms with van der Waals surface area (Å²) >= 11 is 9.28. The van der Waals surface area contributed by atoms with Crippen LogP contribution in [0, 0.1) is 5.82 Å². The van der Waals surface area contributed by atoms with Crippen molar-refractivity contribution in [2.24, 2.45) is 0 Å². The molecule has 110 valence electrons. The third-order valence-electron chi connectivity index (χ3n) is 3.33. The van der Waals surface area contributed by atoms with Gasteiger partial charge in [-0.2, -0.15) is 0 Å². The van der Waals surface area contributed by atoms with E-state index in [2.05, 4.69) is 24.4 Å². The Bertz CT molecular complexity index is 750. The minimum atomic E-state index is -0.180. The molecule has 5 heteroatoms. The van der Waals surface area contributed by atoms with Gasteiger partial charge in [0.05, 0.1) is 4.34 Å². The normalized spacial score (nSPS) is 12.9. The number of halogens is 2. The van der Waals surface area contributed by atoms with Gasteiger partial charge in [-0.15, -0.1) is 22.7 Å². The third-order valence-corrected chi connectivity index (χ3v) is 5.79. The van der Waals surface area contributed by atoms with Crippen molar-refractivity contribution in [3.63, 3.8) is 0 Å². The molecule has 0 aliphatic rings. The number of nitrogens with one attached hydrogen (secondary N) is 1. The Balaban J connectivity index is 1.90. The van der Waals surface area contributed by atoms with E-state index in [9.17, 15) is 4.39 Å². The molecule has 3 aromatic rings. The monoisotopic (exact) mass is 339 g/mol. The number of hydrogen-bond acceptors (Lipinski definition) is 3. The maximum Gasteiger partial charge on any atom is 0.124 e. The van der Waals surface area contributed by atoms with Crippen molar-refractivity contribution >= 4 is 44.4 Å². The summed E-state index contributed by atoms with van der Waals surface area (Å²) in [5.74, 6) is -0.180. The van der Waals surface area contributed by atoms with Crippen molar-refractivity contribution in [2.45, 2.75) is 19.4 Å². The molecule has 0 amide bonds. The Hall–Kier alpha value is -0.940. The Morgan fingerprint density at radius 2 is 2.05 bits per heavy atom. The Morgan fingerprint density at radius 3 is 2.76 bits per heavy atom. The van der Waals surface area contributed by atoms with Crippen LogP contribution in [0.2, 0.25) is 4.34 Å².